The van der Waals surface area contributed by atoms with Gasteiger partial charge < -0.3 is 9.80 Å². The van der Waals surface area contributed by atoms with Crippen LogP contribution in [0, 0.1) is 5.82 Å². The van der Waals surface area contributed by atoms with Gasteiger partial charge in [-0.05, 0) is 42.6 Å². The van der Waals surface area contributed by atoms with Gasteiger partial charge in [-0.1, -0.05) is 30.9 Å². The number of allylic oxidation sites excluding steroid dienone is 2. The van der Waals surface area contributed by atoms with Gasteiger partial charge in [-0.2, -0.15) is 0 Å². The Balaban J connectivity index is 1.58. The zero-order valence-corrected chi connectivity index (χ0v) is 18.5. The van der Waals surface area contributed by atoms with E-state index < -0.39 is 23.0 Å². The molecule has 3 aromatic rings. The molecule has 0 aliphatic carbocycles. The van der Waals surface area contributed by atoms with Crippen molar-refractivity contribution in [1.82, 2.24) is 19.4 Å². The Morgan fingerprint density at radius 1 is 1.09 bits per heavy atom. The van der Waals surface area contributed by atoms with Crippen molar-refractivity contribution >= 4 is 23.5 Å². The van der Waals surface area contributed by atoms with Gasteiger partial charge in [0.15, 0.2) is 0 Å². The molecule has 0 radical (unpaired) electrons. The number of aromatic amines is 1. The number of H-pyrrole nitrogens is 1. The Kier molecular flexibility index (Phi) is 6.53. The number of rotatable bonds is 6. The number of amides is 1. The van der Waals surface area contributed by atoms with E-state index in [1.165, 1.54) is 22.8 Å². The first-order valence-electron chi connectivity index (χ1n) is 10.8. The number of hydrogen-bond acceptors (Lipinski definition) is 5. The van der Waals surface area contributed by atoms with Gasteiger partial charge in [0.2, 0.25) is 0 Å². The third-order valence-electron chi connectivity index (χ3n) is 5.83. The molecular formula is C25H24FN5O3. The fourth-order valence-electron chi connectivity index (χ4n) is 4.09. The topological polar surface area (TPSA) is 90.8 Å². The van der Waals surface area contributed by atoms with Crippen molar-refractivity contribution in [2.45, 2.75) is 6.54 Å². The Labute approximate surface area is 195 Å². The molecule has 1 saturated heterocycles. The number of piperazine rings is 1. The Morgan fingerprint density at radius 3 is 2.50 bits per heavy atom. The molecule has 0 spiro atoms. The molecule has 1 fully saturated rings. The maximum Gasteiger partial charge on any atom is 0.329 e. The number of nitrogens with one attached hydrogen (secondary N) is 1. The molecule has 2 heterocycles. The van der Waals surface area contributed by atoms with Gasteiger partial charge in [-0.3, -0.25) is 19.1 Å². The van der Waals surface area contributed by atoms with Crippen molar-refractivity contribution in [3.63, 3.8) is 0 Å². The second kappa shape index (κ2) is 9.70. The summed E-state index contributed by atoms with van der Waals surface area (Å²) >= 11 is 0. The van der Waals surface area contributed by atoms with E-state index in [-0.39, 0.29) is 12.1 Å². The summed E-state index contributed by atoms with van der Waals surface area (Å²) in [7, 11) is 0. The lowest BCUT2D eigenvalue weighted by atomic mass is 10.1. The van der Waals surface area contributed by atoms with Crippen molar-refractivity contribution < 1.29 is 9.18 Å². The molecule has 8 nitrogen and oxygen atoms in total. The van der Waals surface area contributed by atoms with Crippen LogP contribution < -0.4 is 11.2 Å². The molecule has 9 heteroatoms. The number of benzene rings is 2. The lowest BCUT2D eigenvalue weighted by Gasteiger charge is -2.36. The second-order valence-electron chi connectivity index (χ2n) is 7.87. The molecule has 1 aliphatic heterocycles. The molecule has 0 unspecified atom stereocenters. The standard InChI is InChI=1S/C25H24FN5O3/c1-3-6-22(27-2)29-11-13-30(14-12-29)24(33)19-15-17(9-10-20(19)26)16-31-21-8-5-4-7-18(21)23(32)28-25(31)34/h3-10,15H,1-2,11-14,16H2,(H,28,32,34)/b22-6+. The van der Waals surface area contributed by atoms with E-state index >= 15 is 0 Å². The normalized spacial score (nSPS) is 14.3. The molecular weight excluding hydrogens is 437 g/mol. The minimum Gasteiger partial charge on any atom is -0.353 e. The first kappa shape index (κ1) is 22.9. The third kappa shape index (κ3) is 4.45. The number of aliphatic imine (C=N–C) groups is 1. The van der Waals surface area contributed by atoms with Crippen molar-refractivity contribution in [2.24, 2.45) is 4.99 Å². The van der Waals surface area contributed by atoms with Crippen LogP contribution in [0.25, 0.3) is 10.9 Å². The molecule has 174 valence electrons. The van der Waals surface area contributed by atoms with Crippen LogP contribution >= 0.6 is 0 Å². The van der Waals surface area contributed by atoms with Crippen LogP contribution in [0.4, 0.5) is 4.39 Å². The average Bonchev–Trinajstić information content (AvgIpc) is 2.86. The van der Waals surface area contributed by atoms with E-state index in [0.29, 0.717) is 48.5 Å². The van der Waals surface area contributed by atoms with Crippen LogP contribution in [-0.4, -0.2) is 58.2 Å². The smallest absolute Gasteiger partial charge is 0.329 e. The summed E-state index contributed by atoms with van der Waals surface area (Å²) in [6.07, 6.45) is 3.37. The Bertz CT molecular complexity index is 1410. The molecule has 1 N–H and O–H groups in total. The predicted molar refractivity (Wildman–Crippen MR) is 130 cm³/mol. The summed E-state index contributed by atoms with van der Waals surface area (Å²) in [6, 6.07) is 11.0. The van der Waals surface area contributed by atoms with E-state index in [1.54, 1.807) is 41.3 Å². The summed E-state index contributed by atoms with van der Waals surface area (Å²) in [4.78, 5) is 47.5. The van der Waals surface area contributed by atoms with Crippen LogP contribution in [0.3, 0.4) is 0 Å². The van der Waals surface area contributed by atoms with E-state index in [0.717, 1.165) is 0 Å². The fraction of sp³-hybridized carbons (Fsp3) is 0.200. The minimum absolute atomic E-state index is 0.0589. The summed E-state index contributed by atoms with van der Waals surface area (Å²) in [5, 5.41) is 0.372. The maximum atomic E-state index is 14.6. The van der Waals surface area contributed by atoms with E-state index in [9.17, 15) is 18.8 Å². The summed E-state index contributed by atoms with van der Waals surface area (Å²) in [5.74, 6) is -0.373. The van der Waals surface area contributed by atoms with Crippen LogP contribution in [0.5, 0.6) is 0 Å². The SMILES string of the molecule is C=C/C=C(\N=C)N1CCN(C(=O)c2cc(Cn3c(=O)[nH]c(=O)c4ccccc43)ccc2F)CC1. The second-order valence-corrected chi connectivity index (χ2v) is 7.87. The summed E-state index contributed by atoms with van der Waals surface area (Å²) in [6.45, 7) is 9.16. The van der Waals surface area contributed by atoms with Gasteiger partial charge in [0, 0.05) is 26.2 Å². The Hall–Kier alpha value is -4.27. The first-order chi connectivity index (χ1) is 16.4. The van der Waals surface area contributed by atoms with E-state index in [1.807, 2.05) is 4.90 Å². The highest BCUT2D eigenvalue weighted by Gasteiger charge is 2.25. The van der Waals surface area contributed by atoms with Crippen molar-refractivity contribution in [3.05, 3.63) is 105 Å². The number of hydrogen-bond donors (Lipinski definition) is 1. The molecule has 34 heavy (non-hydrogen) atoms. The lowest BCUT2D eigenvalue weighted by molar-refractivity contribution is 0.0664. The molecule has 1 amide bonds. The number of nitrogens with zero attached hydrogens (tertiary/aromatic N) is 4. The van der Waals surface area contributed by atoms with Crippen molar-refractivity contribution in [3.8, 4) is 0 Å². The van der Waals surface area contributed by atoms with Gasteiger partial charge >= 0.3 is 5.69 Å². The number of carbonyl (C=O) groups excluding carboxylic acids is 1. The Morgan fingerprint density at radius 2 is 1.79 bits per heavy atom. The van der Waals surface area contributed by atoms with E-state index in [4.69, 9.17) is 0 Å². The third-order valence-corrected chi connectivity index (χ3v) is 5.83. The molecule has 0 bridgehead atoms. The van der Waals surface area contributed by atoms with Crippen LogP contribution in [-0.2, 0) is 6.54 Å². The van der Waals surface area contributed by atoms with Crippen LogP contribution in [0.1, 0.15) is 15.9 Å². The van der Waals surface area contributed by atoms with Crippen LogP contribution in [0.2, 0.25) is 0 Å². The molecule has 1 aliphatic rings. The molecule has 2 aromatic carbocycles. The van der Waals surface area contributed by atoms with Crippen LogP contribution in [0.15, 0.2) is 81.6 Å². The fourth-order valence-corrected chi connectivity index (χ4v) is 4.09. The number of carbonyl (C=O) groups is 1. The van der Waals surface area contributed by atoms with Gasteiger partial charge in [-0.15, -0.1) is 0 Å². The number of aromatic nitrogens is 2. The monoisotopic (exact) mass is 461 g/mol. The molecule has 4 rings (SSSR count). The molecule has 0 saturated carbocycles. The van der Waals surface area contributed by atoms with Crippen molar-refractivity contribution in [1.29, 1.82) is 0 Å². The number of para-hydroxylation sites is 1. The number of halogens is 1. The van der Waals surface area contributed by atoms with Gasteiger partial charge in [-0.25, -0.2) is 14.2 Å². The highest BCUT2D eigenvalue weighted by molar-refractivity contribution is 5.94. The average molecular weight is 461 g/mol. The maximum absolute atomic E-state index is 14.6. The van der Waals surface area contributed by atoms with Crippen molar-refractivity contribution in [2.75, 3.05) is 26.2 Å². The number of fused-ring (bicyclic) bond motifs is 1. The first-order valence-corrected chi connectivity index (χ1v) is 10.8. The highest BCUT2D eigenvalue weighted by Crippen LogP contribution is 2.18. The van der Waals surface area contributed by atoms with Gasteiger partial charge in [0.25, 0.3) is 11.5 Å². The quantitative estimate of drug-likeness (QED) is 0.451. The lowest BCUT2D eigenvalue weighted by Crippen LogP contribution is -2.48. The largest absolute Gasteiger partial charge is 0.353 e. The summed E-state index contributed by atoms with van der Waals surface area (Å²) in [5.41, 5.74) is -0.0742. The molecule has 1 aromatic heterocycles. The summed E-state index contributed by atoms with van der Waals surface area (Å²) < 4.78 is 16.0. The van der Waals surface area contributed by atoms with E-state index in [2.05, 4.69) is 23.3 Å². The zero-order chi connectivity index (χ0) is 24.2. The van der Waals surface area contributed by atoms with Gasteiger partial charge in [0.05, 0.1) is 23.0 Å². The van der Waals surface area contributed by atoms with Gasteiger partial charge in [0.1, 0.15) is 11.6 Å². The molecule has 0 atom stereocenters. The minimum atomic E-state index is -0.630. The zero-order valence-electron chi connectivity index (χ0n) is 18.5. The highest BCUT2D eigenvalue weighted by atomic mass is 19.1. The predicted octanol–water partition coefficient (Wildman–Crippen LogP) is 2.36.